The van der Waals surface area contributed by atoms with E-state index in [9.17, 15) is 13.2 Å². The molecule has 0 aliphatic rings. The first-order valence-electron chi connectivity index (χ1n) is 3.07. The van der Waals surface area contributed by atoms with E-state index in [0.29, 0.717) is 4.47 Å². The predicted molar refractivity (Wildman–Crippen MR) is 56.3 cm³/mol. The highest BCUT2D eigenvalue weighted by Gasteiger charge is 2.33. The molecule has 0 bridgehead atoms. The Morgan fingerprint density at radius 3 is 2.57 bits per heavy atom. The molecular weight excluding hydrogens is 401 g/mol. The van der Waals surface area contributed by atoms with Crippen LogP contribution in [0.4, 0.5) is 13.2 Å². The molecule has 0 fully saturated rings. The van der Waals surface area contributed by atoms with Crippen LogP contribution in [0, 0.1) is 3.57 Å². The van der Waals surface area contributed by atoms with Crippen LogP contribution >= 0.6 is 50.1 Å². The van der Waals surface area contributed by atoms with Crippen LogP contribution in [0.5, 0.6) is 5.88 Å². The standard InChI is InChI=1S/C6HBrClF3INO/c7-2-1-3(8)13-5(4(2)12)14-6(9,10)11/h1H. The molecular formula is C6HBrClF3INO. The van der Waals surface area contributed by atoms with Crippen LogP contribution in [0.25, 0.3) is 0 Å². The number of halogens is 6. The first-order valence-corrected chi connectivity index (χ1v) is 5.32. The van der Waals surface area contributed by atoms with Gasteiger partial charge in [-0.05, 0) is 44.6 Å². The van der Waals surface area contributed by atoms with Gasteiger partial charge in [0.1, 0.15) is 5.15 Å². The second kappa shape index (κ2) is 4.40. The lowest BCUT2D eigenvalue weighted by Gasteiger charge is -2.10. The minimum absolute atomic E-state index is 0.0726. The number of hydrogen-bond acceptors (Lipinski definition) is 2. The Hall–Kier alpha value is 0.240. The lowest BCUT2D eigenvalue weighted by Crippen LogP contribution is -2.18. The summed E-state index contributed by atoms with van der Waals surface area (Å²) >= 11 is 10.2. The van der Waals surface area contributed by atoms with E-state index in [1.165, 1.54) is 6.07 Å². The highest BCUT2D eigenvalue weighted by atomic mass is 127. The summed E-state index contributed by atoms with van der Waals surface area (Å²) in [5.74, 6) is -0.558. The van der Waals surface area contributed by atoms with Gasteiger partial charge in [0.2, 0.25) is 5.88 Å². The van der Waals surface area contributed by atoms with Crippen LogP contribution < -0.4 is 4.74 Å². The molecule has 0 aliphatic heterocycles. The van der Waals surface area contributed by atoms with Crippen LogP contribution in [0.1, 0.15) is 0 Å². The van der Waals surface area contributed by atoms with Crippen molar-refractivity contribution in [3.63, 3.8) is 0 Å². The zero-order valence-corrected chi connectivity index (χ0v) is 10.7. The minimum atomic E-state index is -4.77. The van der Waals surface area contributed by atoms with Crippen molar-refractivity contribution in [1.82, 2.24) is 4.98 Å². The average molecular weight is 402 g/mol. The van der Waals surface area contributed by atoms with Gasteiger partial charge in [0.15, 0.2) is 0 Å². The molecule has 1 aromatic rings. The van der Waals surface area contributed by atoms with Crippen molar-refractivity contribution in [3.8, 4) is 5.88 Å². The molecule has 0 saturated carbocycles. The third-order valence-corrected chi connectivity index (χ3v) is 3.67. The zero-order valence-electron chi connectivity index (χ0n) is 6.20. The number of hydrogen-bond donors (Lipinski definition) is 0. The van der Waals surface area contributed by atoms with Crippen molar-refractivity contribution in [2.24, 2.45) is 0 Å². The van der Waals surface area contributed by atoms with Gasteiger partial charge in [0, 0.05) is 4.47 Å². The van der Waals surface area contributed by atoms with Gasteiger partial charge in [-0.25, -0.2) is 4.98 Å². The molecule has 14 heavy (non-hydrogen) atoms. The van der Waals surface area contributed by atoms with Gasteiger partial charge in [-0.3, -0.25) is 0 Å². The fraction of sp³-hybridized carbons (Fsp3) is 0.167. The van der Waals surface area contributed by atoms with E-state index in [0.717, 1.165) is 0 Å². The number of aromatic nitrogens is 1. The topological polar surface area (TPSA) is 22.1 Å². The number of pyridine rings is 1. The first-order chi connectivity index (χ1) is 6.29. The Morgan fingerprint density at radius 2 is 2.07 bits per heavy atom. The predicted octanol–water partition coefficient (Wildman–Crippen LogP) is 4.00. The summed E-state index contributed by atoms with van der Waals surface area (Å²) < 4.78 is 39.9. The summed E-state index contributed by atoms with van der Waals surface area (Å²) in [5, 5.41) is -0.0726. The molecule has 0 atom stereocenters. The normalized spacial score (nSPS) is 11.6. The molecule has 2 nitrogen and oxygen atoms in total. The van der Waals surface area contributed by atoms with Crippen LogP contribution in [0.3, 0.4) is 0 Å². The lowest BCUT2D eigenvalue weighted by molar-refractivity contribution is -0.276. The maximum absolute atomic E-state index is 11.9. The summed E-state index contributed by atoms with van der Waals surface area (Å²) in [6.07, 6.45) is -4.77. The van der Waals surface area contributed by atoms with Gasteiger partial charge in [0.05, 0.1) is 3.57 Å². The van der Waals surface area contributed by atoms with Gasteiger partial charge < -0.3 is 4.74 Å². The van der Waals surface area contributed by atoms with Crippen LogP contribution in [0.2, 0.25) is 5.15 Å². The van der Waals surface area contributed by atoms with E-state index in [1.807, 2.05) is 0 Å². The quantitative estimate of drug-likeness (QED) is 0.523. The SMILES string of the molecule is FC(F)(F)Oc1nc(Cl)cc(Br)c1I. The maximum atomic E-state index is 11.9. The van der Waals surface area contributed by atoms with E-state index < -0.39 is 12.2 Å². The van der Waals surface area contributed by atoms with Gasteiger partial charge in [-0.15, -0.1) is 13.2 Å². The molecule has 0 spiro atoms. The second-order valence-electron chi connectivity index (χ2n) is 2.09. The van der Waals surface area contributed by atoms with Crippen molar-refractivity contribution in [2.75, 3.05) is 0 Å². The number of rotatable bonds is 1. The molecule has 0 N–H and O–H groups in total. The van der Waals surface area contributed by atoms with Gasteiger partial charge >= 0.3 is 6.36 Å². The molecule has 1 aromatic heterocycles. The Labute approximate surface area is 104 Å². The highest BCUT2D eigenvalue weighted by molar-refractivity contribution is 14.1. The molecule has 0 saturated heterocycles. The van der Waals surface area contributed by atoms with E-state index in [2.05, 4.69) is 25.7 Å². The molecule has 0 unspecified atom stereocenters. The summed E-state index contributed by atoms with van der Waals surface area (Å²) in [4.78, 5) is 3.40. The largest absolute Gasteiger partial charge is 0.574 e. The van der Waals surface area contributed by atoms with Crippen molar-refractivity contribution in [3.05, 3.63) is 19.3 Å². The number of alkyl halides is 3. The fourth-order valence-electron chi connectivity index (χ4n) is 0.626. The van der Waals surface area contributed by atoms with Crippen LogP contribution in [-0.2, 0) is 0 Å². The lowest BCUT2D eigenvalue weighted by atomic mass is 10.5. The Bertz CT molecular complexity index is 360. The molecule has 78 valence electrons. The second-order valence-corrected chi connectivity index (χ2v) is 4.41. The summed E-state index contributed by atoms with van der Waals surface area (Å²) in [6.45, 7) is 0. The number of nitrogens with zero attached hydrogens (tertiary/aromatic N) is 1. The molecule has 0 aliphatic carbocycles. The van der Waals surface area contributed by atoms with Crippen molar-refractivity contribution in [1.29, 1.82) is 0 Å². The molecule has 0 amide bonds. The van der Waals surface area contributed by atoms with Crippen molar-refractivity contribution < 1.29 is 17.9 Å². The molecule has 0 aromatic carbocycles. The summed E-state index contributed by atoms with van der Waals surface area (Å²) in [6, 6.07) is 1.38. The Kier molecular flexibility index (Phi) is 3.87. The minimum Gasteiger partial charge on any atom is -0.387 e. The summed E-state index contributed by atoms with van der Waals surface area (Å²) in [5.41, 5.74) is 0. The zero-order chi connectivity index (χ0) is 10.9. The fourth-order valence-corrected chi connectivity index (χ4v) is 1.72. The van der Waals surface area contributed by atoms with Gasteiger partial charge in [-0.1, -0.05) is 11.6 Å². The monoisotopic (exact) mass is 401 g/mol. The first kappa shape index (κ1) is 12.3. The Balaban J connectivity index is 3.09. The molecule has 0 radical (unpaired) electrons. The third kappa shape index (κ3) is 3.43. The highest BCUT2D eigenvalue weighted by Crippen LogP contribution is 2.32. The number of ether oxygens (including phenoxy) is 1. The van der Waals surface area contributed by atoms with E-state index in [1.54, 1.807) is 22.6 Å². The van der Waals surface area contributed by atoms with E-state index >= 15 is 0 Å². The van der Waals surface area contributed by atoms with Gasteiger partial charge in [0.25, 0.3) is 0 Å². The molecule has 8 heteroatoms. The van der Waals surface area contributed by atoms with Gasteiger partial charge in [-0.2, -0.15) is 0 Å². The van der Waals surface area contributed by atoms with E-state index in [-0.39, 0.29) is 8.72 Å². The van der Waals surface area contributed by atoms with Crippen molar-refractivity contribution in [2.45, 2.75) is 6.36 Å². The molecule has 1 rings (SSSR count). The molecule has 1 heterocycles. The Morgan fingerprint density at radius 1 is 1.50 bits per heavy atom. The van der Waals surface area contributed by atoms with Crippen LogP contribution in [-0.4, -0.2) is 11.3 Å². The van der Waals surface area contributed by atoms with Crippen LogP contribution in [0.15, 0.2) is 10.5 Å². The third-order valence-electron chi connectivity index (χ3n) is 1.06. The van der Waals surface area contributed by atoms with Crippen molar-refractivity contribution >= 4 is 50.1 Å². The van der Waals surface area contributed by atoms with E-state index in [4.69, 9.17) is 11.6 Å². The average Bonchev–Trinajstić information content (AvgIpc) is 1.96. The summed E-state index contributed by atoms with van der Waals surface area (Å²) in [7, 11) is 0. The smallest absolute Gasteiger partial charge is 0.387 e. The maximum Gasteiger partial charge on any atom is 0.574 e.